The Morgan fingerprint density at radius 1 is 1.29 bits per heavy atom. The van der Waals surface area contributed by atoms with Crippen molar-refractivity contribution in [3.05, 3.63) is 35.9 Å². The molecule has 2 amide bonds. The highest BCUT2D eigenvalue weighted by Gasteiger charge is 2.22. The second-order valence-corrected chi connectivity index (χ2v) is 5.12. The highest BCUT2D eigenvalue weighted by atomic mass is 16.5. The Balaban J connectivity index is 1.84. The van der Waals surface area contributed by atoms with Crippen molar-refractivity contribution in [2.45, 2.75) is 25.8 Å². The van der Waals surface area contributed by atoms with Crippen molar-refractivity contribution >= 4 is 17.4 Å². The van der Waals surface area contributed by atoms with Crippen LogP contribution in [0.3, 0.4) is 0 Å². The zero-order valence-corrected chi connectivity index (χ0v) is 12.3. The molecular formula is C16H20N2O3. The van der Waals surface area contributed by atoms with Crippen molar-refractivity contribution < 1.29 is 14.3 Å². The van der Waals surface area contributed by atoms with Gasteiger partial charge in [0.15, 0.2) is 0 Å². The van der Waals surface area contributed by atoms with Crippen LogP contribution in [-0.2, 0) is 9.59 Å². The van der Waals surface area contributed by atoms with E-state index in [1.807, 2.05) is 31.2 Å². The highest BCUT2D eigenvalue weighted by Crippen LogP contribution is 2.18. The van der Waals surface area contributed by atoms with Crippen molar-refractivity contribution in [2.75, 3.05) is 13.7 Å². The molecule has 2 rings (SSSR count). The lowest BCUT2D eigenvalue weighted by Crippen LogP contribution is -2.37. The van der Waals surface area contributed by atoms with Crippen LogP contribution >= 0.6 is 0 Å². The molecule has 1 aliphatic carbocycles. The van der Waals surface area contributed by atoms with Crippen LogP contribution in [0.2, 0.25) is 0 Å². The van der Waals surface area contributed by atoms with Gasteiger partial charge >= 0.3 is 0 Å². The van der Waals surface area contributed by atoms with E-state index in [9.17, 15) is 9.59 Å². The van der Waals surface area contributed by atoms with E-state index >= 15 is 0 Å². The number of carbonyl (C=O) groups is 2. The zero-order valence-electron chi connectivity index (χ0n) is 12.3. The fourth-order valence-corrected chi connectivity index (χ4v) is 1.86. The molecule has 0 spiro atoms. The van der Waals surface area contributed by atoms with E-state index in [4.69, 9.17) is 4.74 Å². The quantitative estimate of drug-likeness (QED) is 0.779. The third kappa shape index (κ3) is 4.95. The molecule has 2 N–H and O–H groups in total. The highest BCUT2D eigenvalue weighted by molar-refractivity contribution is 5.96. The molecule has 0 heterocycles. The van der Waals surface area contributed by atoms with Crippen LogP contribution in [0, 0.1) is 0 Å². The number of methoxy groups -OCH3 is 1. The minimum atomic E-state index is -0.269. The maximum Gasteiger partial charge on any atom is 0.244 e. The van der Waals surface area contributed by atoms with Crippen LogP contribution in [0.15, 0.2) is 30.3 Å². The van der Waals surface area contributed by atoms with Gasteiger partial charge in [-0.2, -0.15) is 0 Å². The Bertz CT molecular complexity index is 545. The fourth-order valence-electron chi connectivity index (χ4n) is 1.86. The third-order valence-corrected chi connectivity index (χ3v) is 3.26. The summed E-state index contributed by atoms with van der Waals surface area (Å²) >= 11 is 0. The van der Waals surface area contributed by atoms with Crippen LogP contribution in [0.4, 0.5) is 0 Å². The van der Waals surface area contributed by atoms with E-state index in [1.165, 1.54) is 6.08 Å². The molecule has 112 valence electrons. The number of carbonyl (C=O) groups excluding carboxylic acids is 2. The summed E-state index contributed by atoms with van der Waals surface area (Å²) in [6.07, 6.45) is 3.57. The number of benzene rings is 1. The van der Waals surface area contributed by atoms with E-state index in [2.05, 4.69) is 10.6 Å². The van der Waals surface area contributed by atoms with Gasteiger partial charge in [-0.3, -0.25) is 9.59 Å². The SMILES string of the molecule is COc1ccc(/C(C)=C/C(=O)NCC(=O)NC2CC2)cc1. The van der Waals surface area contributed by atoms with Gasteiger partial charge in [0.1, 0.15) is 5.75 Å². The molecule has 1 fully saturated rings. The van der Waals surface area contributed by atoms with E-state index in [0.717, 1.165) is 29.7 Å². The van der Waals surface area contributed by atoms with Crippen LogP contribution in [0.25, 0.3) is 5.57 Å². The van der Waals surface area contributed by atoms with Gasteiger partial charge in [-0.25, -0.2) is 0 Å². The first-order chi connectivity index (χ1) is 10.1. The summed E-state index contributed by atoms with van der Waals surface area (Å²) in [4.78, 5) is 23.2. The molecule has 0 bridgehead atoms. The number of nitrogens with one attached hydrogen (secondary N) is 2. The lowest BCUT2D eigenvalue weighted by Gasteiger charge is -2.06. The minimum absolute atomic E-state index is 0.0156. The largest absolute Gasteiger partial charge is 0.497 e. The second-order valence-electron chi connectivity index (χ2n) is 5.12. The number of hydrogen-bond donors (Lipinski definition) is 2. The molecule has 0 aliphatic heterocycles. The molecule has 0 unspecified atom stereocenters. The molecule has 1 aromatic carbocycles. The average Bonchev–Trinajstić information content (AvgIpc) is 3.29. The first kappa shape index (κ1) is 15.1. The summed E-state index contributed by atoms with van der Waals surface area (Å²) in [6.45, 7) is 1.87. The number of rotatable bonds is 6. The summed E-state index contributed by atoms with van der Waals surface area (Å²) in [5.74, 6) is 0.364. The van der Waals surface area contributed by atoms with E-state index in [-0.39, 0.29) is 18.4 Å². The Labute approximate surface area is 124 Å². The van der Waals surface area contributed by atoms with Crippen LogP contribution in [0.1, 0.15) is 25.3 Å². The Morgan fingerprint density at radius 3 is 2.52 bits per heavy atom. The molecular weight excluding hydrogens is 268 g/mol. The molecule has 0 radical (unpaired) electrons. The second kappa shape index (κ2) is 6.92. The first-order valence-electron chi connectivity index (χ1n) is 6.98. The summed E-state index contributed by atoms with van der Waals surface area (Å²) in [7, 11) is 1.61. The fraction of sp³-hybridized carbons (Fsp3) is 0.375. The van der Waals surface area contributed by atoms with Gasteiger partial charge in [0.05, 0.1) is 13.7 Å². The molecule has 5 nitrogen and oxygen atoms in total. The Hall–Kier alpha value is -2.30. The smallest absolute Gasteiger partial charge is 0.244 e. The van der Waals surface area contributed by atoms with E-state index in [1.54, 1.807) is 7.11 Å². The molecule has 1 saturated carbocycles. The molecule has 5 heteroatoms. The normalized spacial score (nSPS) is 14.5. The molecule has 1 aliphatic rings. The molecule has 0 aromatic heterocycles. The molecule has 1 aromatic rings. The number of amides is 2. The summed E-state index contributed by atoms with van der Waals surface area (Å²) in [5, 5.41) is 5.41. The van der Waals surface area contributed by atoms with Gasteiger partial charge < -0.3 is 15.4 Å². The van der Waals surface area contributed by atoms with Gasteiger partial charge in [-0.15, -0.1) is 0 Å². The Kier molecular flexibility index (Phi) is 4.98. The average molecular weight is 288 g/mol. The maximum atomic E-state index is 11.8. The summed E-state index contributed by atoms with van der Waals surface area (Å²) in [5.41, 5.74) is 1.77. The van der Waals surface area contributed by atoms with Gasteiger partial charge in [0.25, 0.3) is 0 Å². The lowest BCUT2D eigenvalue weighted by atomic mass is 10.1. The van der Waals surface area contributed by atoms with Crippen molar-refractivity contribution in [3.8, 4) is 5.75 Å². The van der Waals surface area contributed by atoms with Crippen molar-refractivity contribution in [2.24, 2.45) is 0 Å². The minimum Gasteiger partial charge on any atom is -0.497 e. The number of ether oxygens (including phenoxy) is 1. The monoisotopic (exact) mass is 288 g/mol. The van der Waals surface area contributed by atoms with Gasteiger partial charge in [-0.1, -0.05) is 12.1 Å². The van der Waals surface area contributed by atoms with Crippen molar-refractivity contribution in [1.82, 2.24) is 10.6 Å². The van der Waals surface area contributed by atoms with Gasteiger partial charge in [0, 0.05) is 12.1 Å². The van der Waals surface area contributed by atoms with E-state index in [0.29, 0.717) is 6.04 Å². The maximum absolute atomic E-state index is 11.8. The lowest BCUT2D eigenvalue weighted by molar-refractivity contribution is -0.124. The van der Waals surface area contributed by atoms with Crippen LogP contribution < -0.4 is 15.4 Å². The number of hydrogen-bond acceptors (Lipinski definition) is 3. The van der Waals surface area contributed by atoms with Gasteiger partial charge in [-0.05, 0) is 43.0 Å². The standard InChI is InChI=1S/C16H20N2O3/c1-11(12-3-7-14(21-2)8-4-12)9-15(19)17-10-16(20)18-13-5-6-13/h3-4,7-9,13H,5-6,10H2,1-2H3,(H,17,19)(H,18,20)/b11-9+. The summed E-state index contributed by atoms with van der Waals surface area (Å²) in [6, 6.07) is 7.77. The molecule has 0 atom stereocenters. The topological polar surface area (TPSA) is 67.4 Å². The molecule has 0 saturated heterocycles. The van der Waals surface area contributed by atoms with Gasteiger partial charge in [0.2, 0.25) is 11.8 Å². The summed E-state index contributed by atoms with van der Waals surface area (Å²) < 4.78 is 5.09. The first-order valence-corrected chi connectivity index (χ1v) is 6.98. The Morgan fingerprint density at radius 2 is 1.95 bits per heavy atom. The van der Waals surface area contributed by atoms with E-state index < -0.39 is 0 Å². The van der Waals surface area contributed by atoms with Crippen molar-refractivity contribution in [3.63, 3.8) is 0 Å². The third-order valence-electron chi connectivity index (χ3n) is 3.26. The predicted octanol–water partition coefficient (Wildman–Crippen LogP) is 1.49. The van der Waals surface area contributed by atoms with Crippen LogP contribution in [-0.4, -0.2) is 31.5 Å². The zero-order chi connectivity index (χ0) is 15.2. The van der Waals surface area contributed by atoms with Crippen LogP contribution in [0.5, 0.6) is 5.75 Å². The number of allylic oxidation sites excluding steroid dienone is 1. The predicted molar refractivity (Wildman–Crippen MR) is 80.8 cm³/mol. The van der Waals surface area contributed by atoms with Crippen molar-refractivity contribution in [1.29, 1.82) is 0 Å². The molecule has 21 heavy (non-hydrogen) atoms.